The fourth-order valence-corrected chi connectivity index (χ4v) is 2.89. The van der Waals surface area contributed by atoms with Gasteiger partial charge in [0.2, 0.25) is 0 Å². The second-order valence-corrected chi connectivity index (χ2v) is 7.48. The first-order valence-electron chi connectivity index (χ1n) is 8.18. The van der Waals surface area contributed by atoms with Crippen LogP contribution in [0.5, 0.6) is 0 Å². The second-order valence-electron chi connectivity index (χ2n) is 7.48. The van der Waals surface area contributed by atoms with Gasteiger partial charge in [-0.25, -0.2) is 4.39 Å². The fourth-order valence-electron chi connectivity index (χ4n) is 2.89. The molecule has 0 heterocycles. The van der Waals surface area contributed by atoms with Crippen molar-refractivity contribution in [3.05, 3.63) is 35.1 Å². The van der Waals surface area contributed by atoms with Gasteiger partial charge in [-0.05, 0) is 63.3 Å². The van der Waals surface area contributed by atoms with E-state index >= 15 is 0 Å². The first kappa shape index (κ1) is 18.3. The summed E-state index contributed by atoms with van der Waals surface area (Å²) in [7, 11) is 0. The number of hydrogen-bond acceptors (Lipinski definition) is 4. The number of benzene rings is 1. The number of ketones is 1. The fraction of sp³-hybridized carbons (Fsp3) is 0.526. The minimum atomic E-state index is -0.739. The van der Waals surface area contributed by atoms with Crippen LogP contribution in [0.2, 0.25) is 0 Å². The molecule has 0 saturated carbocycles. The van der Waals surface area contributed by atoms with Crippen molar-refractivity contribution >= 4 is 17.7 Å². The average molecular weight is 334 g/mol. The average Bonchev–Trinajstić information content (AvgIpc) is 2.48. The molecular weight excluding hydrogens is 311 g/mol. The van der Waals surface area contributed by atoms with Gasteiger partial charge in [-0.3, -0.25) is 14.4 Å². The van der Waals surface area contributed by atoms with Gasteiger partial charge in [-0.1, -0.05) is 6.92 Å². The Morgan fingerprint density at radius 3 is 2.58 bits per heavy atom. The van der Waals surface area contributed by atoms with E-state index in [9.17, 15) is 18.8 Å². The van der Waals surface area contributed by atoms with E-state index in [1.807, 2.05) is 6.92 Å². The largest absolute Gasteiger partial charge is 0.393 e. The summed E-state index contributed by atoms with van der Waals surface area (Å²) in [6, 6.07) is 4.16. The van der Waals surface area contributed by atoms with Gasteiger partial charge >= 0.3 is 11.9 Å². The van der Waals surface area contributed by atoms with E-state index in [2.05, 4.69) is 0 Å². The highest BCUT2D eigenvalue weighted by Gasteiger charge is 2.32. The minimum absolute atomic E-state index is 0.00624. The molecule has 0 radical (unpaired) electrons. The highest BCUT2D eigenvalue weighted by Crippen LogP contribution is 2.38. The zero-order chi connectivity index (χ0) is 18.1. The molecule has 1 aliphatic rings. The van der Waals surface area contributed by atoms with Crippen LogP contribution in [0.15, 0.2) is 18.2 Å². The zero-order valence-electron chi connectivity index (χ0n) is 14.5. The quantitative estimate of drug-likeness (QED) is 0.618. The van der Waals surface area contributed by atoms with Crippen LogP contribution < -0.4 is 0 Å². The molecule has 0 amide bonds. The third-order valence-corrected chi connectivity index (χ3v) is 4.32. The summed E-state index contributed by atoms with van der Waals surface area (Å²) in [5, 5.41) is 0. The molecule has 1 aliphatic carbocycles. The van der Waals surface area contributed by atoms with Crippen molar-refractivity contribution in [1.29, 1.82) is 0 Å². The van der Waals surface area contributed by atoms with Gasteiger partial charge in [0.25, 0.3) is 0 Å². The summed E-state index contributed by atoms with van der Waals surface area (Å²) in [4.78, 5) is 35.8. The standard InChI is InChI=1S/C19H23FO4/c1-11-9-12(5-8-16(21)24-18(23)19(2,3)4)15-10-13(20)6-7-14(15)17(11)22/h6-7,10-12H,5,8-9H2,1-4H3. The molecule has 24 heavy (non-hydrogen) atoms. The van der Waals surface area contributed by atoms with Gasteiger partial charge < -0.3 is 4.74 Å². The summed E-state index contributed by atoms with van der Waals surface area (Å²) >= 11 is 0. The molecule has 130 valence electrons. The third kappa shape index (κ3) is 4.08. The number of halogens is 1. The van der Waals surface area contributed by atoms with Crippen molar-refractivity contribution in [2.75, 3.05) is 0 Å². The molecule has 0 fully saturated rings. The highest BCUT2D eigenvalue weighted by molar-refractivity contribution is 6.00. The molecule has 1 aromatic rings. The Labute approximate surface area is 141 Å². The lowest BCUT2D eigenvalue weighted by Gasteiger charge is -2.28. The molecule has 0 aromatic heterocycles. The molecule has 0 bridgehead atoms. The minimum Gasteiger partial charge on any atom is -0.393 e. The molecule has 0 spiro atoms. The third-order valence-electron chi connectivity index (χ3n) is 4.32. The summed E-state index contributed by atoms with van der Waals surface area (Å²) < 4.78 is 18.4. The van der Waals surface area contributed by atoms with Gasteiger partial charge in [-0.2, -0.15) is 0 Å². The molecule has 0 aliphatic heterocycles. The summed E-state index contributed by atoms with van der Waals surface area (Å²) in [5.74, 6) is -1.80. The van der Waals surface area contributed by atoms with Crippen LogP contribution in [0, 0.1) is 17.2 Å². The lowest BCUT2D eigenvalue weighted by atomic mass is 9.75. The zero-order valence-corrected chi connectivity index (χ0v) is 14.5. The lowest BCUT2D eigenvalue weighted by Crippen LogP contribution is -2.27. The number of Topliss-reactive ketones (excluding diaryl/α,β-unsaturated/α-hetero) is 1. The second kappa shape index (κ2) is 6.83. The van der Waals surface area contributed by atoms with E-state index in [1.165, 1.54) is 18.2 Å². The number of carbonyl (C=O) groups is 3. The van der Waals surface area contributed by atoms with E-state index in [-0.39, 0.29) is 24.0 Å². The Hall–Kier alpha value is -2.04. The maximum absolute atomic E-state index is 13.5. The monoisotopic (exact) mass is 334 g/mol. The van der Waals surface area contributed by atoms with E-state index in [1.54, 1.807) is 20.8 Å². The topological polar surface area (TPSA) is 60.4 Å². The van der Waals surface area contributed by atoms with Crippen LogP contribution in [0.4, 0.5) is 4.39 Å². The van der Waals surface area contributed by atoms with E-state index in [4.69, 9.17) is 4.74 Å². The van der Waals surface area contributed by atoms with Gasteiger partial charge in [-0.15, -0.1) is 0 Å². The van der Waals surface area contributed by atoms with Crippen LogP contribution >= 0.6 is 0 Å². The van der Waals surface area contributed by atoms with Crippen LogP contribution in [0.25, 0.3) is 0 Å². The van der Waals surface area contributed by atoms with Crippen LogP contribution in [-0.4, -0.2) is 17.7 Å². The number of carbonyl (C=O) groups excluding carboxylic acids is 3. The van der Waals surface area contributed by atoms with Gasteiger partial charge in [0.05, 0.1) is 5.41 Å². The Kier molecular flexibility index (Phi) is 5.21. The Bertz CT molecular complexity index is 672. The molecule has 0 N–H and O–H groups in total. The highest BCUT2D eigenvalue weighted by atomic mass is 19.1. The SMILES string of the molecule is CC1CC(CCC(=O)OC(=O)C(C)(C)C)c2cc(F)ccc2C1=O. The lowest BCUT2D eigenvalue weighted by molar-refractivity contribution is -0.165. The maximum atomic E-state index is 13.5. The molecule has 2 atom stereocenters. The first-order valence-corrected chi connectivity index (χ1v) is 8.18. The number of fused-ring (bicyclic) bond motifs is 1. The normalized spacial score (nSPS) is 20.5. The van der Waals surface area contributed by atoms with Crippen LogP contribution in [-0.2, 0) is 14.3 Å². The van der Waals surface area contributed by atoms with Gasteiger partial charge in [0, 0.05) is 17.9 Å². The predicted octanol–water partition coefficient (Wildman–Crippen LogP) is 4.03. The van der Waals surface area contributed by atoms with Crippen LogP contribution in [0.1, 0.15) is 68.8 Å². The van der Waals surface area contributed by atoms with E-state index in [0.29, 0.717) is 24.0 Å². The van der Waals surface area contributed by atoms with Gasteiger partial charge in [0.15, 0.2) is 5.78 Å². The van der Waals surface area contributed by atoms with Crippen molar-refractivity contribution in [3.63, 3.8) is 0 Å². The Morgan fingerprint density at radius 2 is 1.96 bits per heavy atom. The predicted molar refractivity (Wildman–Crippen MR) is 87.0 cm³/mol. The van der Waals surface area contributed by atoms with Crippen molar-refractivity contribution in [2.24, 2.45) is 11.3 Å². The van der Waals surface area contributed by atoms with E-state index < -0.39 is 23.2 Å². The Balaban J connectivity index is 2.07. The maximum Gasteiger partial charge on any atom is 0.318 e. The number of ether oxygens (including phenoxy) is 1. The molecule has 2 unspecified atom stereocenters. The van der Waals surface area contributed by atoms with Crippen molar-refractivity contribution < 1.29 is 23.5 Å². The molecule has 5 heteroatoms. The van der Waals surface area contributed by atoms with Crippen molar-refractivity contribution in [3.8, 4) is 0 Å². The smallest absolute Gasteiger partial charge is 0.318 e. The summed E-state index contributed by atoms with van der Waals surface area (Å²) in [5.41, 5.74) is 0.435. The molecular formula is C19H23FO4. The Morgan fingerprint density at radius 1 is 1.29 bits per heavy atom. The number of esters is 2. The van der Waals surface area contributed by atoms with Gasteiger partial charge in [0.1, 0.15) is 5.82 Å². The molecule has 0 saturated heterocycles. The van der Waals surface area contributed by atoms with Crippen molar-refractivity contribution in [2.45, 2.75) is 52.9 Å². The molecule has 4 nitrogen and oxygen atoms in total. The number of rotatable bonds is 3. The number of hydrogen-bond donors (Lipinski definition) is 0. The summed E-state index contributed by atoms with van der Waals surface area (Å²) in [6.07, 6.45) is 1.05. The van der Waals surface area contributed by atoms with E-state index in [0.717, 1.165) is 0 Å². The first-order chi connectivity index (χ1) is 11.1. The molecule has 2 rings (SSSR count). The van der Waals surface area contributed by atoms with Crippen LogP contribution in [0.3, 0.4) is 0 Å². The summed E-state index contributed by atoms with van der Waals surface area (Å²) in [6.45, 7) is 6.87. The molecule has 1 aromatic carbocycles. The van der Waals surface area contributed by atoms with Crippen molar-refractivity contribution in [1.82, 2.24) is 0 Å².